The van der Waals surface area contributed by atoms with Crippen molar-refractivity contribution in [2.45, 2.75) is 32.1 Å². The summed E-state index contributed by atoms with van der Waals surface area (Å²) < 4.78 is 11.1. The van der Waals surface area contributed by atoms with Gasteiger partial charge in [0.1, 0.15) is 0 Å². The number of methoxy groups -OCH3 is 2. The van der Waals surface area contributed by atoms with Crippen LogP contribution in [0.1, 0.15) is 30.4 Å². The van der Waals surface area contributed by atoms with E-state index in [4.69, 9.17) is 9.47 Å². The summed E-state index contributed by atoms with van der Waals surface area (Å²) in [6.45, 7) is 0. The summed E-state index contributed by atoms with van der Waals surface area (Å²) in [5.41, 5.74) is 3.80. The normalized spacial score (nSPS) is 21.6. The molecule has 5 rings (SSSR count). The molecular formula is C22H23NO3. The van der Waals surface area contributed by atoms with E-state index in [-0.39, 0.29) is 5.43 Å². The Bertz CT molecular complexity index is 1080. The lowest BCUT2D eigenvalue weighted by Crippen LogP contribution is -2.22. The second kappa shape index (κ2) is 5.76. The van der Waals surface area contributed by atoms with Crippen molar-refractivity contribution >= 4 is 21.7 Å². The Kier molecular flexibility index (Phi) is 3.49. The molecule has 2 aliphatic rings. The van der Waals surface area contributed by atoms with E-state index in [2.05, 4.69) is 11.1 Å². The average Bonchev–Trinajstić information content (AvgIpc) is 3.13. The number of H-pyrrole nitrogens is 1. The van der Waals surface area contributed by atoms with Gasteiger partial charge in [-0.05, 0) is 71.6 Å². The fraction of sp³-hybridized carbons (Fsp3) is 0.409. The van der Waals surface area contributed by atoms with Crippen LogP contribution in [0.25, 0.3) is 21.7 Å². The van der Waals surface area contributed by atoms with E-state index in [9.17, 15) is 4.79 Å². The summed E-state index contributed by atoms with van der Waals surface area (Å²) in [6.07, 6.45) is 7.90. The Morgan fingerprint density at radius 1 is 0.962 bits per heavy atom. The molecule has 1 N–H and O–H groups in total. The van der Waals surface area contributed by atoms with E-state index in [1.165, 1.54) is 30.4 Å². The Hall–Kier alpha value is -2.49. The largest absolute Gasteiger partial charge is 0.493 e. The van der Waals surface area contributed by atoms with Gasteiger partial charge in [0.05, 0.1) is 25.1 Å². The van der Waals surface area contributed by atoms with Crippen molar-refractivity contribution < 1.29 is 9.47 Å². The molecule has 4 heteroatoms. The molecule has 2 aromatic carbocycles. The molecule has 0 radical (unpaired) electrons. The van der Waals surface area contributed by atoms with Crippen LogP contribution < -0.4 is 14.9 Å². The average molecular weight is 349 g/mol. The van der Waals surface area contributed by atoms with Gasteiger partial charge in [0.2, 0.25) is 0 Å². The standard InChI is InChI=1S/C22H23NO3/c1-25-19-10-15-14-8-12-4-3-5-13(12)9-17(14)22-21(18(24)6-7-23-22)16(15)11-20(19)26-2/h6-7,10-13H,3-5,8-9H2,1-2H3,(H,23,24). The molecule has 26 heavy (non-hydrogen) atoms. The lowest BCUT2D eigenvalue weighted by atomic mass is 9.75. The third-order valence-electron chi connectivity index (χ3n) is 6.49. The highest BCUT2D eigenvalue weighted by molar-refractivity contribution is 6.10. The van der Waals surface area contributed by atoms with Gasteiger partial charge in [-0.3, -0.25) is 4.79 Å². The van der Waals surface area contributed by atoms with E-state index in [0.717, 1.165) is 52.1 Å². The van der Waals surface area contributed by atoms with Crippen molar-refractivity contribution in [2.75, 3.05) is 14.2 Å². The molecule has 0 amide bonds. The van der Waals surface area contributed by atoms with E-state index in [0.29, 0.717) is 5.75 Å². The predicted octanol–water partition coefficient (Wildman–Crippen LogP) is 4.21. The number of rotatable bonds is 2. The monoisotopic (exact) mass is 349 g/mol. The molecule has 0 aliphatic heterocycles. The maximum absolute atomic E-state index is 12.8. The maximum Gasteiger partial charge on any atom is 0.190 e. The van der Waals surface area contributed by atoms with Crippen LogP contribution in [0.15, 0.2) is 29.2 Å². The van der Waals surface area contributed by atoms with Gasteiger partial charge >= 0.3 is 0 Å². The maximum atomic E-state index is 12.8. The number of ether oxygens (including phenoxy) is 2. The van der Waals surface area contributed by atoms with Gasteiger partial charge in [0.25, 0.3) is 0 Å². The molecule has 0 saturated heterocycles. The third kappa shape index (κ3) is 2.11. The van der Waals surface area contributed by atoms with Gasteiger partial charge in [-0.1, -0.05) is 6.42 Å². The lowest BCUT2D eigenvalue weighted by molar-refractivity contribution is 0.355. The molecule has 2 atom stereocenters. The first kappa shape index (κ1) is 15.7. The molecular weight excluding hydrogens is 326 g/mol. The number of hydrogen-bond acceptors (Lipinski definition) is 3. The van der Waals surface area contributed by atoms with Crippen LogP contribution in [-0.4, -0.2) is 19.2 Å². The zero-order chi connectivity index (χ0) is 17.8. The summed E-state index contributed by atoms with van der Waals surface area (Å²) in [5, 5.41) is 2.89. The lowest BCUT2D eigenvalue weighted by Gasteiger charge is -2.30. The number of nitrogens with one attached hydrogen (secondary N) is 1. The highest BCUT2D eigenvalue weighted by Crippen LogP contribution is 2.46. The molecule has 1 fully saturated rings. The quantitative estimate of drug-likeness (QED) is 0.705. The van der Waals surface area contributed by atoms with Crippen molar-refractivity contribution in [1.29, 1.82) is 0 Å². The van der Waals surface area contributed by atoms with Gasteiger partial charge in [0.15, 0.2) is 16.9 Å². The smallest absolute Gasteiger partial charge is 0.190 e. The Balaban J connectivity index is 1.93. The summed E-state index contributed by atoms with van der Waals surface area (Å²) in [5.74, 6) is 2.92. The van der Waals surface area contributed by atoms with Gasteiger partial charge < -0.3 is 14.5 Å². The SMILES string of the molecule is COc1cc2c3c(c4[nH]ccc(=O)c4c2cc1OC)CC1CCCC1C3. The molecule has 2 unspecified atom stereocenters. The van der Waals surface area contributed by atoms with Crippen LogP contribution in [0.4, 0.5) is 0 Å². The fourth-order valence-corrected chi connectivity index (χ4v) is 5.27. The van der Waals surface area contributed by atoms with Crippen LogP contribution in [0.5, 0.6) is 11.5 Å². The van der Waals surface area contributed by atoms with Crippen LogP contribution in [0.3, 0.4) is 0 Å². The number of fused-ring (bicyclic) bond motifs is 7. The van der Waals surface area contributed by atoms with Crippen molar-refractivity contribution in [2.24, 2.45) is 11.8 Å². The first-order valence-corrected chi connectivity index (χ1v) is 9.42. The van der Waals surface area contributed by atoms with Gasteiger partial charge in [-0.25, -0.2) is 0 Å². The van der Waals surface area contributed by atoms with Gasteiger partial charge in [0, 0.05) is 12.3 Å². The fourth-order valence-electron chi connectivity index (χ4n) is 5.27. The van der Waals surface area contributed by atoms with E-state index in [1.54, 1.807) is 26.5 Å². The van der Waals surface area contributed by atoms with E-state index in [1.807, 2.05) is 6.07 Å². The second-order valence-electron chi connectivity index (χ2n) is 7.66. The minimum absolute atomic E-state index is 0.0623. The van der Waals surface area contributed by atoms with Gasteiger partial charge in [-0.15, -0.1) is 0 Å². The topological polar surface area (TPSA) is 51.3 Å². The highest BCUT2D eigenvalue weighted by Gasteiger charge is 2.34. The Morgan fingerprint density at radius 3 is 2.31 bits per heavy atom. The Morgan fingerprint density at radius 2 is 1.62 bits per heavy atom. The van der Waals surface area contributed by atoms with Crippen molar-refractivity contribution in [3.05, 3.63) is 45.7 Å². The van der Waals surface area contributed by atoms with Crippen LogP contribution >= 0.6 is 0 Å². The summed E-state index contributed by atoms with van der Waals surface area (Å²) in [6, 6.07) is 5.65. The summed E-state index contributed by atoms with van der Waals surface area (Å²) >= 11 is 0. The molecule has 3 aromatic rings. The number of hydrogen-bond donors (Lipinski definition) is 1. The molecule has 0 spiro atoms. The molecule has 4 nitrogen and oxygen atoms in total. The molecule has 1 saturated carbocycles. The molecule has 1 heterocycles. The zero-order valence-corrected chi connectivity index (χ0v) is 15.2. The molecule has 1 aromatic heterocycles. The molecule has 2 aliphatic carbocycles. The predicted molar refractivity (Wildman–Crippen MR) is 103 cm³/mol. The Labute approximate surface area is 152 Å². The zero-order valence-electron chi connectivity index (χ0n) is 15.2. The van der Waals surface area contributed by atoms with E-state index >= 15 is 0 Å². The van der Waals surface area contributed by atoms with Crippen molar-refractivity contribution in [3.63, 3.8) is 0 Å². The van der Waals surface area contributed by atoms with Crippen molar-refractivity contribution in [1.82, 2.24) is 4.98 Å². The van der Waals surface area contributed by atoms with Crippen LogP contribution in [0, 0.1) is 11.8 Å². The molecule has 134 valence electrons. The van der Waals surface area contributed by atoms with Gasteiger partial charge in [-0.2, -0.15) is 0 Å². The number of aromatic nitrogens is 1. The third-order valence-corrected chi connectivity index (χ3v) is 6.49. The van der Waals surface area contributed by atoms with Crippen LogP contribution in [0.2, 0.25) is 0 Å². The minimum Gasteiger partial charge on any atom is -0.493 e. The van der Waals surface area contributed by atoms with Crippen LogP contribution in [-0.2, 0) is 12.8 Å². The van der Waals surface area contributed by atoms with Crippen molar-refractivity contribution in [3.8, 4) is 11.5 Å². The first-order chi connectivity index (χ1) is 12.7. The summed E-state index contributed by atoms with van der Waals surface area (Å²) in [4.78, 5) is 16.2. The minimum atomic E-state index is 0.0623. The highest BCUT2D eigenvalue weighted by atomic mass is 16.5. The number of pyridine rings is 1. The number of aromatic amines is 1. The summed E-state index contributed by atoms with van der Waals surface area (Å²) in [7, 11) is 3.30. The number of benzene rings is 2. The molecule has 0 bridgehead atoms. The van der Waals surface area contributed by atoms with E-state index < -0.39 is 0 Å². The first-order valence-electron chi connectivity index (χ1n) is 9.42. The second-order valence-corrected chi connectivity index (χ2v) is 7.66.